The molecule has 1 aliphatic rings. The number of hydrogen-bond donors (Lipinski definition) is 0. The van der Waals surface area contributed by atoms with Crippen LogP contribution in [0.4, 0.5) is 0 Å². The summed E-state index contributed by atoms with van der Waals surface area (Å²) in [5, 5.41) is 0. The standard InChI is InChI=1S/C11H19NO3/c1-3-4-7-10(13)12-8-5-6-9(12)11(14)15-2/h9H,3-8H2,1-2H3. The number of carbonyl (C=O) groups is 2. The van der Waals surface area contributed by atoms with E-state index < -0.39 is 0 Å². The zero-order chi connectivity index (χ0) is 11.3. The second kappa shape index (κ2) is 5.73. The van der Waals surface area contributed by atoms with E-state index in [1.165, 1.54) is 7.11 Å². The largest absolute Gasteiger partial charge is 0.467 e. The first kappa shape index (κ1) is 12.0. The number of unbranched alkanes of at least 4 members (excludes halogenated alkanes) is 1. The van der Waals surface area contributed by atoms with Gasteiger partial charge in [0.2, 0.25) is 5.91 Å². The van der Waals surface area contributed by atoms with Gasteiger partial charge in [0.25, 0.3) is 0 Å². The lowest BCUT2D eigenvalue weighted by molar-refractivity contribution is -0.151. The molecule has 0 saturated carbocycles. The Bertz CT molecular complexity index is 240. The van der Waals surface area contributed by atoms with Crippen molar-refractivity contribution in [2.75, 3.05) is 13.7 Å². The minimum atomic E-state index is -0.334. The first-order valence-corrected chi connectivity index (χ1v) is 5.58. The van der Waals surface area contributed by atoms with Crippen LogP contribution in [0.25, 0.3) is 0 Å². The van der Waals surface area contributed by atoms with Crippen LogP contribution in [0.1, 0.15) is 39.0 Å². The first-order chi connectivity index (χ1) is 7.20. The van der Waals surface area contributed by atoms with Crippen molar-refractivity contribution in [3.8, 4) is 0 Å². The summed E-state index contributed by atoms with van der Waals surface area (Å²) in [5.41, 5.74) is 0. The Morgan fingerprint density at radius 2 is 2.20 bits per heavy atom. The summed E-state index contributed by atoms with van der Waals surface area (Å²) in [6.45, 7) is 2.75. The van der Waals surface area contributed by atoms with Gasteiger partial charge < -0.3 is 9.64 Å². The molecule has 0 radical (unpaired) electrons. The lowest BCUT2D eigenvalue weighted by Crippen LogP contribution is -2.40. The van der Waals surface area contributed by atoms with Gasteiger partial charge in [-0.1, -0.05) is 13.3 Å². The number of likely N-dealkylation sites (tertiary alicyclic amines) is 1. The molecule has 15 heavy (non-hydrogen) atoms. The zero-order valence-corrected chi connectivity index (χ0v) is 9.49. The molecular formula is C11H19NO3. The molecule has 1 unspecified atom stereocenters. The Hall–Kier alpha value is -1.06. The maximum atomic E-state index is 11.8. The minimum Gasteiger partial charge on any atom is -0.467 e. The van der Waals surface area contributed by atoms with Crippen LogP contribution in [0.15, 0.2) is 0 Å². The molecule has 1 amide bonds. The van der Waals surface area contributed by atoms with Crippen molar-refractivity contribution in [1.29, 1.82) is 0 Å². The molecule has 1 aliphatic heterocycles. The fourth-order valence-corrected chi connectivity index (χ4v) is 1.92. The molecule has 86 valence electrons. The summed E-state index contributed by atoms with van der Waals surface area (Å²) in [7, 11) is 1.37. The smallest absolute Gasteiger partial charge is 0.328 e. The molecular weight excluding hydrogens is 194 g/mol. The second-order valence-corrected chi connectivity index (χ2v) is 3.87. The average molecular weight is 213 g/mol. The summed E-state index contributed by atoms with van der Waals surface area (Å²) < 4.78 is 4.69. The molecule has 1 heterocycles. The van der Waals surface area contributed by atoms with Gasteiger partial charge in [-0.25, -0.2) is 4.79 Å². The van der Waals surface area contributed by atoms with Gasteiger partial charge in [0.1, 0.15) is 6.04 Å². The molecule has 0 aromatic rings. The van der Waals surface area contributed by atoms with E-state index in [2.05, 4.69) is 11.7 Å². The van der Waals surface area contributed by atoms with Crippen LogP contribution >= 0.6 is 0 Å². The van der Waals surface area contributed by atoms with Gasteiger partial charge in [-0.05, 0) is 19.3 Å². The predicted octanol–water partition coefficient (Wildman–Crippen LogP) is 1.34. The van der Waals surface area contributed by atoms with Crippen LogP contribution in [-0.4, -0.2) is 36.5 Å². The van der Waals surface area contributed by atoms with E-state index in [0.717, 1.165) is 25.7 Å². The van der Waals surface area contributed by atoms with Gasteiger partial charge in [-0.3, -0.25) is 4.79 Å². The van der Waals surface area contributed by atoms with Gasteiger partial charge in [-0.15, -0.1) is 0 Å². The van der Waals surface area contributed by atoms with E-state index in [9.17, 15) is 9.59 Å². The third-order valence-corrected chi connectivity index (χ3v) is 2.79. The van der Waals surface area contributed by atoms with Crippen LogP contribution in [0.2, 0.25) is 0 Å². The van der Waals surface area contributed by atoms with Gasteiger partial charge in [0.05, 0.1) is 7.11 Å². The van der Waals surface area contributed by atoms with E-state index in [0.29, 0.717) is 13.0 Å². The van der Waals surface area contributed by atoms with E-state index in [4.69, 9.17) is 0 Å². The second-order valence-electron chi connectivity index (χ2n) is 3.87. The Balaban J connectivity index is 2.52. The molecule has 4 nitrogen and oxygen atoms in total. The normalized spacial score (nSPS) is 20.4. The van der Waals surface area contributed by atoms with Crippen LogP contribution in [-0.2, 0) is 14.3 Å². The van der Waals surface area contributed by atoms with E-state index in [-0.39, 0.29) is 17.9 Å². The fourth-order valence-electron chi connectivity index (χ4n) is 1.92. The maximum Gasteiger partial charge on any atom is 0.328 e. The molecule has 1 saturated heterocycles. The van der Waals surface area contributed by atoms with Gasteiger partial charge in [0, 0.05) is 13.0 Å². The molecule has 4 heteroatoms. The summed E-state index contributed by atoms with van der Waals surface area (Å²) >= 11 is 0. The number of carbonyl (C=O) groups excluding carboxylic acids is 2. The highest BCUT2D eigenvalue weighted by Crippen LogP contribution is 2.19. The Morgan fingerprint density at radius 3 is 2.80 bits per heavy atom. The monoisotopic (exact) mass is 213 g/mol. The molecule has 1 rings (SSSR count). The molecule has 0 aromatic carbocycles. The van der Waals surface area contributed by atoms with Crippen LogP contribution < -0.4 is 0 Å². The molecule has 0 aromatic heterocycles. The highest BCUT2D eigenvalue weighted by Gasteiger charge is 2.34. The zero-order valence-electron chi connectivity index (χ0n) is 9.49. The number of ether oxygens (including phenoxy) is 1. The molecule has 0 bridgehead atoms. The summed E-state index contributed by atoms with van der Waals surface area (Å²) in [4.78, 5) is 24.8. The van der Waals surface area contributed by atoms with Crippen molar-refractivity contribution in [2.45, 2.75) is 45.1 Å². The Labute approximate surface area is 90.6 Å². The van der Waals surface area contributed by atoms with E-state index in [1.807, 2.05) is 0 Å². The lowest BCUT2D eigenvalue weighted by atomic mass is 10.2. The average Bonchev–Trinajstić information content (AvgIpc) is 2.73. The first-order valence-electron chi connectivity index (χ1n) is 5.58. The number of hydrogen-bond acceptors (Lipinski definition) is 3. The predicted molar refractivity (Wildman–Crippen MR) is 56.3 cm³/mol. The van der Waals surface area contributed by atoms with Crippen molar-refractivity contribution in [2.24, 2.45) is 0 Å². The number of methoxy groups -OCH3 is 1. The summed E-state index contributed by atoms with van der Waals surface area (Å²) in [5.74, 6) is -0.193. The Morgan fingerprint density at radius 1 is 1.47 bits per heavy atom. The number of rotatable bonds is 4. The third-order valence-electron chi connectivity index (χ3n) is 2.79. The lowest BCUT2D eigenvalue weighted by Gasteiger charge is -2.22. The SMILES string of the molecule is CCCCC(=O)N1CCCC1C(=O)OC. The highest BCUT2D eigenvalue weighted by molar-refractivity contribution is 5.85. The van der Waals surface area contributed by atoms with Crippen LogP contribution in [0.3, 0.4) is 0 Å². The molecule has 1 fully saturated rings. The molecule has 0 spiro atoms. The highest BCUT2D eigenvalue weighted by atomic mass is 16.5. The minimum absolute atomic E-state index is 0.0877. The third kappa shape index (κ3) is 2.94. The van der Waals surface area contributed by atoms with Crippen molar-refractivity contribution in [1.82, 2.24) is 4.90 Å². The topological polar surface area (TPSA) is 46.6 Å². The fraction of sp³-hybridized carbons (Fsp3) is 0.818. The van der Waals surface area contributed by atoms with E-state index >= 15 is 0 Å². The number of amides is 1. The number of nitrogens with zero attached hydrogens (tertiary/aromatic N) is 1. The molecule has 1 atom stereocenters. The van der Waals surface area contributed by atoms with Crippen molar-refractivity contribution < 1.29 is 14.3 Å². The van der Waals surface area contributed by atoms with E-state index in [1.54, 1.807) is 4.90 Å². The Kier molecular flexibility index (Phi) is 4.59. The summed E-state index contributed by atoms with van der Waals surface area (Å²) in [6.07, 6.45) is 4.08. The molecule has 0 aliphatic carbocycles. The van der Waals surface area contributed by atoms with Crippen molar-refractivity contribution >= 4 is 11.9 Å². The molecule has 0 N–H and O–H groups in total. The maximum absolute atomic E-state index is 11.8. The quantitative estimate of drug-likeness (QED) is 0.662. The van der Waals surface area contributed by atoms with Gasteiger partial charge >= 0.3 is 5.97 Å². The van der Waals surface area contributed by atoms with Crippen molar-refractivity contribution in [3.05, 3.63) is 0 Å². The van der Waals surface area contributed by atoms with Crippen LogP contribution in [0, 0.1) is 0 Å². The van der Waals surface area contributed by atoms with Gasteiger partial charge in [0.15, 0.2) is 0 Å². The van der Waals surface area contributed by atoms with Crippen molar-refractivity contribution in [3.63, 3.8) is 0 Å². The van der Waals surface area contributed by atoms with Crippen LogP contribution in [0.5, 0.6) is 0 Å². The summed E-state index contributed by atoms with van der Waals surface area (Å²) in [6, 6.07) is -0.334. The number of esters is 1. The van der Waals surface area contributed by atoms with Gasteiger partial charge in [-0.2, -0.15) is 0 Å².